The van der Waals surface area contributed by atoms with Crippen LogP contribution in [0.4, 0.5) is 4.39 Å². The number of morpholine rings is 1. The molecule has 5 nitrogen and oxygen atoms in total. The Kier molecular flexibility index (Phi) is 8.29. The summed E-state index contributed by atoms with van der Waals surface area (Å²) in [6.07, 6.45) is 1.74. The minimum atomic E-state index is -0.648. The van der Waals surface area contributed by atoms with Gasteiger partial charge in [-0.1, -0.05) is 47.5 Å². The van der Waals surface area contributed by atoms with Gasteiger partial charge in [-0.05, 0) is 55.5 Å². The number of hydrogen-bond acceptors (Lipinski definition) is 4. The van der Waals surface area contributed by atoms with Gasteiger partial charge in [-0.2, -0.15) is 0 Å². The SMILES string of the molecule is CCOC(=O)C(C1CC1)N1C(=O)COCC1c1ccc(Cl)c(F)c1.Clc1ccccc1. The molecule has 2 aromatic carbocycles. The van der Waals surface area contributed by atoms with Crippen LogP contribution in [0.3, 0.4) is 0 Å². The van der Waals surface area contributed by atoms with Crippen molar-refractivity contribution in [2.75, 3.05) is 19.8 Å². The Hall–Kier alpha value is -2.15. The highest BCUT2D eigenvalue weighted by atomic mass is 35.5. The van der Waals surface area contributed by atoms with Crippen molar-refractivity contribution >= 4 is 35.1 Å². The van der Waals surface area contributed by atoms with Crippen LogP contribution in [0.5, 0.6) is 0 Å². The molecule has 166 valence electrons. The van der Waals surface area contributed by atoms with Crippen LogP contribution in [0.1, 0.15) is 31.4 Å². The summed E-state index contributed by atoms with van der Waals surface area (Å²) in [6, 6.07) is 12.6. The van der Waals surface area contributed by atoms with Crippen molar-refractivity contribution in [2.45, 2.75) is 31.8 Å². The van der Waals surface area contributed by atoms with E-state index in [2.05, 4.69) is 0 Å². The smallest absolute Gasteiger partial charge is 0.329 e. The normalized spacial score (nSPS) is 19.3. The van der Waals surface area contributed by atoms with E-state index >= 15 is 0 Å². The second kappa shape index (κ2) is 10.9. The van der Waals surface area contributed by atoms with Crippen LogP contribution in [0.15, 0.2) is 48.5 Å². The number of halogens is 3. The zero-order chi connectivity index (χ0) is 22.4. The van der Waals surface area contributed by atoms with Crippen LogP contribution in [-0.2, 0) is 19.1 Å². The third-order valence-electron chi connectivity index (χ3n) is 5.08. The first-order valence-corrected chi connectivity index (χ1v) is 10.9. The second-order valence-electron chi connectivity index (χ2n) is 7.34. The lowest BCUT2D eigenvalue weighted by Gasteiger charge is -2.40. The summed E-state index contributed by atoms with van der Waals surface area (Å²) in [5, 5.41) is 0.806. The Morgan fingerprint density at radius 2 is 1.94 bits per heavy atom. The molecule has 31 heavy (non-hydrogen) atoms. The zero-order valence-electron chi connectivity index (χ0n) is 17.1. The summed E-state index contributed by atoms with van der Waals surface area (Å²) in [4.78, 5) is 26.4. The molecule has 2 atom stereocenters. The van der Waals surface area contributed by atoms with E-state index < -0.39 is 23.9 Å². The molecule has 4 rings (SSSR count). The Labute approximate surface area is 191 Å². The number of benzene rings is 2. The van der Waals surface area contributed by atoms with Crippen molar-refractivity contribution in [2.24, 2.45) is 5.92 Å². The monoisotopic (exact) mass is 467 g/mol. The standard InChI is InChI=1S/C17H19ClFNO4.C6H5Cl/c1-2-24-17(22)16(10-3-4-10)20-14(8-23-9-15(20)21)11-5-6-12(18)13(19)7-11;7-6-4-2-1-3-5-6/h5-7,10,14,16H,2-4,8-9H2,1H3;1-5H. The van der Waals surface area contributed by atoms with E-state index in [9.17, 15) is 14.0 Å². The molecule has 0 N–H and O–H groups in total. The molecule has 1 saturated heterocycles. The van der Waals surface area contributed by atoms with Crippen molar-refractivity contribution in [1.29, 1.82) is 0 Å². The van der Waals surface area contributed by atoms with Gasteiger partial charge in [-0.15, -0.1) is 0 Å². The number of hydrogen-bond donors (Lipinski definition) is 0. The summed E-state index contributed by atoms with van der Waals surface area (Å²) >= 11 is 11.3. The predicted molar refractivity (Wildman–Crippen MR) is 116 cm³/mol. The fourth-order valence-corrected chi connectivity index (χ4v) is 3.76. The van der Waals surface area contributed by atoms with Gasteiger partial charge in [0.15, 0.2) is 0 Å². The maximum atomic E-state index is 13.8. The molecular formula is C23H24Cl2FNO4. The van der Waals surface area contributed by atoms with E-state index in [-0.39, 0.29) is 36.7 Å². The number of amides is 1. The molecule has 8 heteroatoms. The molecular weight excluding hydrogens is 444 g/mol. The quantitative estimate of drug-likeness (QED) is 0.576. The number of esters is 1. The molecule has 1 aliphatic heterocycles. The maximum absolute atomic E-state index is 13.8. The lowest BCUT2D eigenvalue weighted by atomic mass is 10.00. The molecule has 2 aromatic rings. The minimum absolute atomic E-state index is 0.0116. The Morgan fingerprint density at radius 3 is 2.48 bits per heavy atom. The van der Waals surface area contributed by atoms with Crippen molar-refractivity contribution in [3.63, 3.8) is 0 Å². The van der Waals surface area contributed by atoms with E-state index in [4.69, 9.17) is 32.7 Å². The molecule has 0 radical (unpaired) electrons. The van der Waals surface area contributed by atoms with Crippen molar-refractivity contribution < 1.29 is 23.5 Å². The molecule has 2 fully saturated rings. The molecule has 2 aliphatic rings. The summed E-state index contributed by atoms with van der Waals surface area (Å²) in [6.45, 7) is 2.10. The Bertz CT molecular complexity index is 908. The topological polar surface area (TPSA) is 55.8 Å². The maximum Gasteiger partial charge on any atom is 0.329 e. The third kappa shape index (κ3) is 6.19. The van der Waals surface area contributed by atoms with Crippen molar-refractivity contribution in [3.05, 3.63) is 70.0 Å². The van der Waals surface area contributed by atoms with Crippen LogP contribution >= 0.6 is 23.2 Å². The lowest BCUT2D eigenvalue weighted by molar-refractivity contribution is -0.167. The van der Waals surface area contributed by atoms with Gasteiger partial charge in [-0.25, -0.2) is 9.18 Å². The van der Waals surface area contributed by atoms with Gasteiger partial charge in [0.05, 0.1) is 24.3 Å². The molecule has 0 bridgehead atoms. The molecule has 0 aromatic heterocycles. The fourth-order valence-electron chi connectivity index (χ4n) is 3.50. The van der Waals surface area contributed by atoms with Gasteiger partial charge >= 0.3 is 5.97 Å². The van der Waals surface area contributed by atoms with E-state index in [0.717, 1.165) is 17.9 Å². The van der Waals surface area contributed by atoms with Gasteiger partial charge in [0.1, 0.15) is 18.5 Å². The Morgan fingerprint density at radius 1 is 1.23 bits per heavy atom. The summed E-state index contributed by atoms with van der Waals surface area (Å²) in [5.74, 6) is -1.17. The van der Waals surface area contributed by atoms with Crippen LogP contribution in [0, 0.1) is 11.7 Å². The highest BCUT2D eigenvalue weighted by Gasteiger charge is 2.47. The predicted octanol–water partition coefficient (Wildman–Crippen LogP) is 5.06. The second-order valence-corrected chi connectivity index (χ2v) is 8.18. The van der Waals surface area contributed by atoms with E-state index in [0.29, 0.717) is 5.56 Å². The number of rotatable bonds is 5. The van der Waals surface area contributed by atoms with Gasteiger partial charge in [0, 0.05) is 5.02 Å². The van der Waals surface area contributed by atoms with Gasteiger partial charge < -0.3 is 14.4 Å². The third-order valence-corrected chi connectivity index (χ3v) is 5.64. The average Bonchev–Trinajstić information content (AvgIpc) is 3.58. The van der Waals surface area contributed by atoms with Gasteiger partial charge in [-0.3, -0.25) is 4.79 Å². The van der Waals surface area contributed by atoms with E-state index in [1.165, 1.54) is 17.0 Å². The van der Waals surface area contributed by atoms with Crippen molar-refractivity contribution in [1.82, 2.24) is 4.90 Å². The average molecular weight is 468 g/mol. The van der Waals surface area contributed by atoms with Crippen LogP contribution < -0.4 is 0 Å². The molecule has 1 saturated carbocycles. The first-order valence-electron chi connectivity index (χ1n) is 10.1. The van der Waals surface area contributed by atoms with Gasteiger partial charge in [0.2, 0.25) is 5.91 Å². The summed E-state index contributed by atoms with van der Waals surface area (Å²) < 4.78 is 24.3. The lowest BCUT2D eigenvalue weighted by Crippen LogP contribution is -2.54. The van der Waals surface area contributed by atoms with Crippen LogP contribution in [0.2, 0.25) is 10.0 Å². The highest BCUT2D eigenvalue weighted by molar-refractivity contribution is 6.30. The highest BCUT2D eigenvalue weighted by Crippen LogP contribution is 2.40. The van der Waals surface area contributed by atoms with E-state index in [1.54, 1.807) is 13.0 Å². The number of carbonyl (C=O) groups is 2. The zero-order valence-corrected chi connectivity index (χ0v) is 18.6. The molecule has 1 amide bonds. The first kappa shape index (κ1) is 23.5. The minimum Gasteiger partial charge on any atom is -0.464 e. The largest absolute Gasteiger partial charge is 0.464 e. The number of nitrogens with zero attached hydrogens (tertiary/aromatic N) is 1. The van der Waals surface area contributed by atoms with Crippen LogP contribution in [0.25, 0.3) is 0 Å². The molecule has 2 unspecified atom stereocenters. The number of carbonyl (C=O) groups excluding carboxylic acids is 2. The van der Waals surface area contributed by atoms with E-state index in [1.807, 2.05) is 30.3 Å². The molecule has 1 aliphatic carbocycles. The Balaban J connectivity index is 0.000000330. The first-order chi connectivity index (χ1) is 14.9. The molecule has 0 spiro atoms. The summed E-state index contributed by atoms with van der Waals surface area (Å²) in [7, 11) is 0. The van der Waals surface area contributed by atoms with Crippen molar-refractivity contribution in [3.8, 4) is 0 Å². The summed E-state index contributed by atoms with van der Waals surface area (Å²) in [5.41, 5.74) is 0.555. The fraction of sp³-hybridized carbons (Fsp3) is 0.391. The number of ether oxygens (including phenoxy) is 2. The van der Waals surface area contributed by atoms with Gasteiger partial charge in [0.25, 0.3) is 0 Å². The molecule has 1 heterocycles. The van der Waals surface area contributed by atoms with Crippen LogP contribution in [-0.4, -0.2) is 42.6 Å².